The van der Waals surface area contributed by atoms with Crippen LogP contribution in [0.25, 0.3) is 0 Å². The highest BCUT2D eigenvalue weighted by atomic mass is 127. The van der Waals surface area contributed by atoms with E-state index < -0.39 is 0 Å². The SMILES string of the molecule is CCc1nc2n(n1)CC(NC(=NC)NCC1(N3CCCCC3)CCN(C)CC1)CC2.I. The lowest BCUT2D eigenvalue weighted by Crippen LogP contribution is -2.62. The van der Waals surface area contributed by atoms with Gasteiger partial charge in [-0.1, -0.05) is 13.3 Å². The van der Waals surface area contributed by atoms with E-state index in [0.717, 1.165) is 50.0 Å². The van der Waals surface area contributed by atoms with Crippen molar-refractivity contribution in [3.8, 4) is 0 Å². The Labute approximate surface area is 204 Å². The average molecular weight is 545 g/mol. The highest BCUT2D eigenvalue weighted by molar-refractivity contribution is 14.0. The van der Waals surface area contributed by atoms with Gasteiger partial charge in [-0.2, -0.15) is 5.10 Å². The van der Waals surface area contributed by atoms with Gasteiger partial charge in [0.25, 0.3) is 0 Å². The van der Waals surface area contributed by atoms with Crippen LogP contribution in [0.1, 0.15) is 57.1 Å². The normalized spacial score (nSPS) is 24.9. The van der Waals surface area contributed by atoms with Crippen LogP contribution in [0.2, 0.25) is 0 Å². The van der Waals surface area contributed by atoms with Crippen molar-refractivity contribution in [3.05, 3.63) is 11.6 Å². The molecule has 9 heteroatoms. The minimum atomic E-state index is 0. The van der Waals surface area contributed by atoms with Crippen molar-refractivity contribution in [2.45, 2.75) is 76.4 Å². The molecule has 0 saturated carbocycles. The van der Waals surface area contributed by atoms with E-state index in [2.05, 4.69) is 54.2 Å². The first kappa shape index (κ1) is 24.7. The maximum absolute atomic E-state index is 4.65. The summed E-state index contributed by atoms with van der Waals surface area (Å²) in [6.45, 7) is 8.81. The van der Waals surface area contributed by atoms with E-state index in [-0.39, 0.29) is 29.5 Å². The summed E-state index contributed by atoms with van der Waals surface area (Å²) >= 11 is 0. The average Bonchev–Trinajstić information content (AvgIpc) is 3.21. The molecule has 3 aliphatic rings. The quantitative estimate of drug-likeness (QED) is 0.335. The Hall–Kier alpha value is -0.940. The van der Waals surface area contributed by atoms with Crippen molar-refractivity contribution in [2.75, 3.05) is 46.8 Å². The van der Waals surface area contributed by atoms with Crippen molar-refractivity contribution in [1.82, 2.24) is 35.2 Å². The van der Waals surface area contributed by atoms with Crippen LogP contribution in [-0.4, -0.2) is 88.9 Å². The molecule has 1 atom stereocenters. The third kappa shape index (κ3) is 5.90. The summed E-state index contributed by atoms with van der Waals surface area (Å²) in [5.41, 5.74) is 0.256. The third-order valence-electron chi connectivity index (χ3n) is 7.31. The van der Waals surface area contributed by atoms with E-state index >= 15 is 0 Å². The van der Waals surface area contributed by atoms with Gasteiger partial charge >= 0.3 is 0 Å². The molecule has 0 aliphatic carbocycles. The van der Waals surface area contributed by atoms with Gasteiger partial charge in [0, 0.05) is 38.0 Å². The number of aromatic nitrogens is 3. The molecule has 0 amide bonds. The maximum Gasteiger partial charge on any atom is 0.191 e. The van der Waals surface area contributed by atoms with E-state index in [4.69, 9.17) is 0 Å². The molecule has 4 heterocycles. The second-order valence-electron chi connectivity index (χ2n) is 9.36. The Bertz CT molecular complexity index is 719. The van der Waals surface area contributed by atoms with E-state index in [0.29, 0.717) is 6.04 Å². The second kappa shape index (κ2) is 11.3. The first-order chi connectivity index (χ1) is 14.6. The molecule has 176 valence electrons. The molecule has 0 spiro atoms. The van der Waals surface area contributed by atoms with E-state index in [1.54, 1.807) is 0 Å². The number of hydrogen-bond donors (Lipinski definition) is 2. The number of aryl methyl sites for hydroxylation is 2. The number of aliphatic imine (C=N–C) groups is 1. The topological polar surface area (TPSA) is 73.6 Å². The van der Waals surface area contributed by atoms with Crippen LogP contribution in [-0.2, 0) is 19.4 Å². The van der Waals surface area contributed by atoms with Crippen LogP contribution in [0.3, 0.4) is 0 Å². The van der Waals surface area contributed by atoms with Gasteiger partial charge in [-0.3, -0.25) is 9.89 Å². The van der Waals surface area contributed by atoms with Crippen molar-refractivity contribution in [2.24, 2.45) is 4.99 Å². The Morgan fingerprint density at radius 3 is 2.58 bits per heavy atom. The number of halogens is 1. The molecular weight excluding hydrogens is 503 g/mol. The van der Waals surface area contributed by atoms with Gasteiger partial charge in [0.1, 0.15) is 5.82 Å². The summed E-state index contributed by atoms with van der Waals surface area (Å²) in [5.74, 6) is 3.01. The number of nitrogens with one attached hydrogen (secondary N) is 2. The fraction of sp³-hybridized carbons (Fsp3) is 0.864. The standard InChI is InChI=1S/C22H40N8.HI/c1-4-19-26-20-9-8-18(16-30(20)27-19)25-21(23-2)24-17-22(10-14-28(3)15-11-22)29-12-6-5-7-13-29;/h18H,4-17H2,1-3H3,(H2,23,24,25);1H. The summed E-state index contributed by atoms with van der Waals surface area (Å²) in [4.78, 5) is 14.4. The van der Waals surface area contributed by atoms with Crippen LogP contribution in [0, 0.1) is 0 Å². The largest absolute Gasteiger partial charge is 0.355 e. The van der Waals surface area contributed by atoms with Crippen molar-refractivity contribution < 1.29 is 0 Å². The van der Waals surface area contributed by atoms with Crippen LogP contribution in [0.4, 0.5) is 0 Å². The predicted octanol–water partition coefficient (Wildman–Crippen LogP) is 1.89. The van der Waals surface area contributed by atoms with Crippen molar-refractivity contribution >= 4 is 29.9 Å². The number of rotatable bonds is 5. The zero-order valence-corrected chi connectivity index (χ0v) is 21.9. The van der Waals surface area contributed by atoms with Crippen LogP contribution in [0.15, 0.2) is 4.99 Å². The first-order valence-corrected chi connectivity index (χ1v) is 12.0. The Kier molecular flexibility index (Phi) is 8.98. The molecule has 1 aromatic heterocycles. The molecule has 0 bridgehead atoms. The number of piperidine rings is 2. The lowest BCUT2D eigenvalue weighted by atomic mass is 9.84. The molecule has 0 aromatic carbocycles. The minimum absolute atomic E-state index is 0. The minimum Gasteiger partial charge on any atom is -0.355 e. The lowest BCUT2D eigenvalue weighted by molar-refractivity contribution is 0.0172. The van der Waals surface area contributed by atoms with Crippen LogP contribution >= 0.6 is 24.0 Å². The fourth-order valence-corrected chi connectivity index (χ4v) is 5.27. The maximum atomic E-state index is 4.65. The van der Waals surface area contributed by atoms with Gasteiger partial charge in [0.2, 0.25) is 0 Å². The summed E-state index contributed by atoms with van der Waals surface area (Å²) < 4.78 is 2.08. The van der Waals surface area contributed by atoms with Gasteiger partial charge in [-0.05, 0) is 65.3 Å². The number of likely N-dealkylation sites (tertiary alicyclic amines) is 2. The Balaban J connectivity index is 0.00000272. The third-order valence-corrected chi connectivity index (χ3v) is 7.31. The van der Waals surface area contributed by atoms with Crippen molar-refractivity contribution in [3.63, 3.8) is 0 Å². The zero-order valence-electron chi connectivity index (χ0n) is 19.6. The summed E-state index contributed by atoms with van der Waals surface area (Å²) in [7, 11) is 4.13. The molecule has 2 saturated heterocycles. The Morgan fingerprint density at radius 1 is 1.16 bits per heavy atom. The Morgan fingerprint density at radius 2 is 1.90 bits per heavy atom. The monoisotopic (exact) mass is 544 g/mol. The van der Waals surface area contributed by atoms with E-state index in [1.807, 2.05) is 7.05 Å². The molecule has 2 N–H and O–H groups in total. The number of fused-ring (bicyclic) bond motifs is 1. The van der Waals surface area contributed by atoms with Gasteiger partial charge in [0.05, 0.1) is 6.54 Å². The molecule has 0 radical (unpaired) electrons. The number of guanidine groups is 1. The predicted molar refractivity (Wildman–Crippen MR) is 136 cm³/mol. The van der Waals surface area contributed by atoms with Crippen molar-refractivity contribution in [1.29, 1.82) is 0 Å². The molecule has 31 heavy (non-hydrogen) atoms. The van der Waals surface area contributed by atoms with Gasteiger partial charge < -0.3 is 15.5 Å². The molecule has 4 rings (SSSR count). The second-order valence-corrected chi connectivity index (χ2v) is 9.36. The highest BCUT2D eigenvalue weighted by Gasteiger charge is 2.39. The molecule has 3 aliphatic heterocycles. The van der Waals surface area contributed by atoms with Crippen LogP contribution in [0.5, 0.6) is 0 Å². The number of nitrogens with zero attached hydrogens (tertiary/aromatic N) is 6. The summed E-state index contributed by atoms with van der Waals surface area (Å²) in [6, 6.07) is 0.346. The first-order valence-electron chi connectivity index (χ1n) is 12.0. The van der Waals surface area contributed by atoms with E-state index in [1.165, 1.54) is 58.3 Å². The van der Waals surface area contributed by atoms with Crippen LogP contribution < -0.4 is 10.6 Å². The summed E-state index contributed by atoms with van der Waals surface area (Å²) in [6.07, 6.45) is 9.48. The molecule has 1 unspecified atom stereocenters. The summed E-state index contributed by atoms with van der Waals surface area (Å²) in [5, 5.41) is 12.0. The van der Waals surface area contributed by atoms with Gasteiger partial charge in [-0.15, -0.1) is 24.0 Å². The smallest absolute Gasteiger partial charge is 0.191 e. The zero-order chi connectivity index (χ0) is 21.0. The van der Waals surface area contributed by atoms with E-state index in [9.17, 15) is 0 Å². The highest BCUT2D eigenvalue weighted by Crippen LogP contribution is 2.30. The lowest BCUT2D eigenvalue weighted by Gasteiger charge is -2.50. The van der Waals surface area contributed by atoms with Gasteiger partial charge in [-0.25, -0.2) is 9.67 Å². The number of hydrogen-bond acceptors (Lipinski definition) is 5. The molecule has 8 nitrogen and oxygen atoms in total. The molecular formula is C22H41IN8. The van der Waals surface area contributed by atoms with Gasteiger partial charge in [0.15, 0.2) is 11.8 Å². The molecule has 1 aromatic rings. The molecule has 2 fully saturated rings. The fourth-order valence-electron chi connectivity index (χ4n) is 5.27.